The number of benzene rings is 1. The van der Waals surface area contributed by atoms with Gasteiger partial charge in [0.2, 0.25) is 0 Å². The molecule has 0 fully saturated rings. The molecule has 1 aliphatic rings. The van der Waals surface area contributed by atoms with E-state index in [9.17, 15) is 9.59 Å². The van der Waals surface area contributed by atoms with E-state index in [0.29, 0.717) is 16.4 Å². The minimum atomic E-state index is -0.851. The monoisotopic (exact) mass is 322 g/mol. The molecule has 1 atom stereocenters. The number of amides is 1. The molecule has 1 amide bonds. The number of halogens is 1. The maximum absolute atomic E-state index is 12.3. The second-order valence-electron chi connectivity index (χ2n) is 5.86. The second kappa shape index (κ2) is 5.72. The Kier molecular flexibility index (Phi) is 4.29. The normalized spacial score (nSPS) is 20.9. The number of amidine groups is 1. The predicted octanol–water partition coefficient (Wildman–Crippen LogP) is 2.73. The highest BCUT2D eigenvalue weighted by molar-refractivity contribution is 6.32. The van der Waals surface area contributed by atoms with Gasteiger partial charge in [-0.25, -0.2) is 4.79 Å². The van der Waals surface area contributed by atoms with Crippen molar-refractivity contribution in [2.24, 2.45) is 10.9 Å². The predicted molar refractivity (Wildman–Crippen MR) is 85.5 cm³/mol. The minimum absolute atomic E-state index is 0.0278. The number of nitrogens with zero attached hydrogens (tertiary/aromatic N) is 1. The van der Waals surface area contributed by atoms with Gasteiger partial charge in [-0.2, -0.15) is 0 Å². The van der Waals surface area contributed by atoms with Crippen LogP contribution in [0.3, 0.4) is 0 Å². The van der Waals surface area contributed by atoms with Crippen molar-refractivity contribution in [3.8, 4) is 0 Å². The summed E-state index contributed by atoms with van der Waals surface area (Å²) in [5, 5.41) is 3.23. The molecule has 1 N–H and O–H groups in total. The van der Waals surface area contributed by atoms with E-state index in [1.807, 2.05) is 20.8 Å². The van der Waals surface area contributed by atoms with Gasteiger partial charge < -0.3 is 10.1 Å². The van der Waals surface area contributed by atoms with Crippen LogP contribution in [-0.4, -0.2) is 30.4 Å². The number of methoxy groups -OCH3 is 1. The smallest absolute Gasteiger partial charge is 0.338 e. The average Bonchev–Trinajstić information content (AvgIpc) is 2.77. The van der Waals surface area contributed by atoms with E-state index in [4.69, 9.17) is 16.3 Å². The SMILES string of the molecule is COC(=O)c1cc(Cl)c(C)cc1C1=NC(C)(C(C)C)C(=O)N1. The molecular weight excluding hydrogens is 304 g/mol. The first-order chi connectivity index (χ1) is 10.2. The van der Waals surface area contributed by atoms with Crippen LogP contribution in [0.15, 0.2) is 17.1 Å². The fourth-order valence-corrected chi connectivity index (χ4v) is 2.38. The molecule has 1 heterocycles. The standard InChI is InChI=1S/C16H19ClN2O3/c1-8(2)16(4)15(21)18-13(19-16)10-6-9(3)12(17)7-11(10)14(20)22-5/h6-8H,1-5H3,(H,18,19,21). The largest absolute Gasteiger partial charge is 0.465 e. The topological polar surface area (TPSA) is 67.8 Å². The molecule has 6 heteroatoms. The summed E-state index contributed by atoms with van der Waals surface area (Å²) < 4.78 is 4.79. The number of hydrogen-bond donors (Lipinski definition) is 1. The van der Waals surface area contributed by atoms with Gasteiger partial charge in [-0.15, -0.1) is 0 Å². The molecule has 118 valence electrons. The van der Waals surface area contributed by atoms with Gasteiger partial charge in [0.05, 0.1) is 12.7 Å². The van der Waals surface area contributed by atoms with Crippen LogP contribution in [0.1, 0.15) is 42.3 Å². The van der Waals surface area contributed by atoms with Gasteiger partial charge in [-0.1, -0.05) is 25.4 Å². The molecule has 2 rings (SSSR count). The zero-order valence-corrected chi connectivity index (χ0v) is 14.0. The highest BCUT2D eigenvalue weighted by Crippen LogP contribution is 2.29. The summed E-state index contributed by atoms with van der Waals surface area (Å²) in [6.07, 6.45) is 0. The molecule has 0 radical (unpaired) electrons. The van der Waals surface area contributed by atoms with Gasteiger partial charge in [0.25, 0.3) is 5.91 Å². The number of aryl methyl sites for hydroxylation is 1. The maximum atomic E-state index is 12.3. The van der Waals surface area contributed by atoms with Gasteiger partial charge in [0, 0.05) is 10.6 Å². The van der Waals surface area contributed by atoms with Gasteiger partial charge in [0.1, 0.15) is 11.4 Å². The number of nitrogens with one attached hydrogen (secondary N) is 1. The Morgan fingerprint density at radius 3 is 2.55 bits per heavy atom. The summed E-state index contributed by atoms with van der Waals surface area (Å²) in [4.78, 5) is 28.8. The van der Waals surface area contributed by atoms with Crippen molar-refractivity contribution in [3.63, 3.8) is 0 Å². The first-order valence-electron chi connectivity index (χ1n) is 7.00. The minimum Gasteiger partial charge on any atom is -0.465 e. The molecular formula is C16H19ClN2O3. The summed E-state index contributed by atoms with van der Waals surface area (Å²) in [5.41, 5.74) is 0.743. The molecule has 1 aromatic rings. The van der Waals surface area contributed by atoms with Crippen molar-refractivity contribution in [2.75, 3.05) is 7.11 Å². The Bertz CT molecular complexity index is 682. The van der Waals surface area contributed by atoms with Crippen molar-refractivity contribution in [3.05, 3.63) is 33.8 Å². The van der Waals surface area contributed by atoms with E-state index in [2.05, 4.69) is 10.3 Å². The van der Waals surface area contributed by atoms with Crippen molar-refractivity contribution >= 4 is 29.3 Å². The number of carbonyl (C=O) groups is 2. The van der Waals surface area contributed by atoms with Gasteiger partial charge in [-0.05, 0) is 37.5 Å². The van der Waals surface area contributed by atoms with Crippen LogP contribution in [0.5, 0.6) is 0 Å². The molecule has 22 heavy (non-hydrogen) atoms. The summed E-state index contributed by atoms with van der Waals surface area (Å²) in [6.45, 7) is 7.47. The number of esters is 1. The zero-order valence-electron chi connectivity index (χ0n) is 13.3. The van der Waals surface area contributed by atoms with E-state index in [0.717, 1.165) is 5.56 Å². The van der Waals surface area contributed by atoms with Gasteiger partial charge in [0.15, 0.2) is 0 Å². The lowest BCUT2D eigenvalue weighted by molar-refractivity contribution is -0.124. The fourth-order valence-electron chi connectivity index (χ4n) is 2.22. The highest BCUT2D eigenvalue weighted by atomic mass is 35.5. The third-order valence-corrected chi connectivity index (χ3v) is 4.53. The lowest BCUT2D eigenvalue weighted by Gasteiger charge is -2.21. The summed E-state index contributed by atoms with van der Waals surface area (Å²) in [7, 11) is 1.30. The van der Waals surface area contributed by atoms with Crippen LogP contribution >= 0.6 is 11.6 Å². The Labute approximate surface area is 134 Å². The van der Waals surface area contributed by atoms with E-state index >= 15 is 0 Å². The molecule has 0 bridgehead atoms. The van der Waals surface area contributed by atoms with E-state index in [1.165, 1.54) is 13.2 Å². The summed E-state index contributed by atoms with van der Waals surface area (Å²) in [5.74, 6) is -0.297. The quantitative estimate of drug-likeness (QED) is 0.870. The Morgan fingerprint density at radius 2 is 2.05 bits per heavy atom. The summed E-state index contributed by atoms with van der Waals surface area (Å²) in [6, 6.07) is 3.28. The molecule has 0 aliphatic carbocycles. The molecule has 1 aliphatic heterocycles. The first kappa shape index (κ1) is 16.5. The Morgan fingerprint density at radius 1 is 1.41 bits per heavy atom. The lowest BCUT2D eigenvalue weighted by atomic mass is 9.89. The van der Waals surface area contributed by atoms with Crippen molar-refractivity contribution in [2.45, 2.75) is 33.2 Å². The van der Waals surface area contributed by atoms with Crippen LogP contribution < -0.4 is 5.32 Å². The second-order valence-corrected chi connectivity index (χ2v) is 6.26. The number of carbonyl (C=O) groups excluding carboxylic acids is 2. The van der Waals surface area contributed by atoms with Gasteiger partial charge in [-0.3, -0.25) is 9.79 Å². The fraction of sp³-hybridized carbons (Fsp3) is 0.438. The van der Waals surface area contributed by atoms with Crippen LogP contribution in [0.4, 0.5) is 0 Å². The molecule has 0 saturated heterocycles. The van der Waals surface area contributed by atoms with E-state index < -0.39 is 11.5 Å². The third kappa shape index (κ3) is 2.61. The molecule has 1 unspecified atom stereocenters. The number of hydrogen-bond acceptors (Lipinski definition) is 4. The number of ether oxygens (including phenoxy) is 1. The van der Waals surface area contributed by atoms with Gasteiger partial charge >= 0.3 is 5.97 Å². The third-order valence-electron chi connectivity index (χ3n) is 4.12. The van der Waals surface area contributed by atoms with Crippen molar-refractivity contribution in [1.29, 1.82) is 0 Å². The van der Waals surface area contributed by atoms with Crippen LogP contribution in [-0.2, 0) is 9.53 Å². The molecule has 0 aromatic heterocycles. The molecule has 0 saturated carbocycles. The lowest BCUT2D eigenvalue weighted by Crippen LogP contribution is -2.41. The maximum Gasteiger partial charge on any atom is 0.338 e. The summed E-state index contributed by atoms with van der Waals surface area (Å²) >= 11 is 6.09. The van der Waals surface area contributed by atoms with E-state index in [-0.39, 0.29) is 17.4 Å². The number of aliphatic imine (C=N–C) groups is 1. The van der Waals surface area contributed by atoms with Crippen LogP contribution in [0.25, 0.3) is 0 Å². The number of rotatable bonds is 3. The van der Waals surface area contributed by atoms with E-state index in [1.54, 1.807) is 13.0 Å². The Balaban J connectivity index is 2.61. The molecule has 0 spiro atoms. The molecule has 5 nitrogen and oxygen atoms in total. The molecule has 1 aromatic carbocycles. The Hall–Kier alpha value is -1.88. The highest BCUT2D eigenvalue weighted by Gasteiger charge is 2.42. The van der Waals surface area contributed by atoms with Crippen molar-refractivity contribution in [1.82, 2.24) is 5.32 Å². The van der Waals surface area contributed by atoms with Crippen molar-refractivity contribution < 1.29 is 14.3 Å². The van der Waals surface area contributed by atoms with Crippen LogP contribution in [0.2, 0.25) is 5.02 Å². The van der Waals surface area contributed by atoms with Crippen LogP contribution in [0, 0.1) is 12.8 Å². The first-order valence-corrected chi connectivity index (χ1v) is 7.38. The zero-order chi connectivity index (χ0) is 16.7. The average molecular weight is 323 g/mol.